The lowest BCUT2D eigenvalue weighted by Gasteiger charge is -2.55. The molecule has 6 atom stereocenters. The van der Waals surface area contributed by atoms with Crippen molar-refractivity contribution in [1.29, 1.82) is 0 Å². The van der Waals surface area contributed by atoms with Crippen molar-refractivity contribution in [2.45, 2.75) is 62.9 Å². The molecule has 0 spiro atoms. The van der Waals surface area contributed by atoms with Crippen molar-refractivity contribution in [3.05, 3.63) is 21.3 Å². The van der Waals surface area contributed by atoms with Gasteiger partial charge in [0.2, 0.25) is 18.4 Å². The summed E-state index contributed by atoms with van der Waals surface area (Å²) in [6.45, 7) is 3.66. The Morgan fingerprint density at radius 3 is 2.33 bits per heavy atom. The molecule has 4 rings (SSSR count). The highest BCUT2D eigenvalue weighted by Gasteiger charge is 2.62. The Labute approximate surface area is 188 Å². The number of ether oxygens (including phenoxy) is 7. The van der Waals surface area contributed by atoms with Crippen LogP contribution in [-0.4, -0.2) is 67.9 Å². The van der Waals surface area contributed by atoms with Crippen LogP contribution in [0.2, 0.25) is 0 Å². The number of fused-ring (bicyclic) bond motifs is 2. The predicted molar refractivity (Wildman–Crippen MR) is 110 cm³/mol. The highest BCUT2D eigenvalue weighted by molar-refractivity contribution is 14.1. The van der Waals surface area contributed by atoms with E-state index in [1.54, 1.807) is 13.8 Å². The number of carbonyl (C=O) groups excluding carboxylic acids is 1. The van der Waals surface area contributed by atoms with Gasteiger partial charge in [0.25, 0.3) is 0 Å². The molecular weight excluding hydrogens is 511 g/mol. The van der Waals surface area contributed by atoms with Crippen molar-refractivity contribution in [2.75, 3.05) is 21.0 Å². The molecule has 166 valence electrons. The lowest BCUT2D eigenvalue weighted by molar-refractivity contribution is -0.461. The number of aliphatic hydroxyl groups is 1. The van der Waals surface area contributed by atoms with E-state index < -0.39 is 36.0 Å². The normalized spacial score (nSPS) is 37.9. The second-order valence-electron chi connectivity index (χ2n) is 7.73. The molecule has 1 unspecified atom stereocenters. The molecule has 1 saturated heterocycles. The molecule has 2 aliphatic heterocycles. The third kappa shape index (κ3) is 3.61. The summed E-state index contributed by atoms with van der Waals surface area (Å²) in [5.41, 5.74) is 0.850. The molecule has 1 aliphatic carbocycles. The van der Waals surface area contributed by atoms with E-state index in [2.05, 4.69) is 22.6 Å². The van der Waals surface area contributed by atoms with Gasteiger partial charge < -0.3 is 38.3 Å². The Bertz CT molecular complexity index is 833. The fourth-order valence-electron chi connectivity index (χ4n) is 3.93. The third-order valence-electron chi connectivity index (χ3n) is 6.01. The van der Waals surface area contributed by atoms with E-state index >= 15 is 0 Å². The molecule has 1 aromatic carbocycles. The molecule has 0 aromatic heterocycles. The Kier molecular flexibility index (Phi) is 6.03. The highest BCUT2D eigenvalue weighted by Crippen LogP contribution is 2.43. The first kappa shape index (κ1) is 22.2. The minimum Gasteiger partial charge on any atom is -0.454 e. The van der Waals surface area contributed by atoms with E-state index in [1.165, 1.54) is 14.2 Å². The van der Waals surface area contributed by atoms with Gasteiger partial charge in [0.1, 0.15) is 18.3 Å². The molecule has 0 bridgehead atoms. The summed E-state index contributed by atoms with van der Waals surface area (Å²) in [4.78, 5) is 12.7. The van der Waals surface area contributed by atoms with Gasteiger partial charge in [-0.1, -0.05) is 0 Å². The Morgan fingerprint density at radius 1 is 1.10 bits per heavy atom. The first-order valence-electron chi connectivity index (χ1n) is 9.57. The standard InChI is InChI=1S/C20H25IO9/c1-19(24-3)20(2,25-4)30-18-16(12(22)7-13(23)17(18)29-19)26-8-10-5-14-15(6-11(10)21)28-9-27-14/h5-6,13,16-18,23H,7-9H2,1-4H3/t13?,16-,17+,18+,19-,20-/m1/s1. The van der Waals surface area contributed by atoms with Crippen LogP contribution in [0.1, 0.15) is 25.8 Å². The third-order valence-corrected chi connectivity index (χ3v) is 7.02. The quantitative estimate of drug-likeness (QED) is 0.565. The minimum atomic E-state index is -1.31. The van der Waals surface area contributed by atoms with Crippen LogP contribution in [0.15, 0.2) is 12.1 Å². The average Bonchev–Trinajstić information content (AvgIpc) is 3.16. The molecular formula is C20H25IO9. The lowest BCUT2D eigenvalue weighted by Crippen LogP contribution is -2.71. The predicted octanol–water partition coefficient (Wildman–Crippen LogP) is 1.75. The number of hydrogen-bond acceptors (Lipinski definition) is 9. The summed E-state index contributed by atoms with van der Waals surface area (Å²) >= 11 is 2.18. The smallest absolute Gasteiger partial charge is 0.231 e. The molecule has 1 aromatic rings. The zero-order chi connectivity index (χ0) is 21.7. The summed E-state index contributed by atoms with van der Waals surface area (Å²) in [6.07, 6.45) is -3.74. The molecule has 0 amide bonds. The molecule has 2 heterocycles. The monoisotopic (exact) mass is 536 g/mol. The van der Waals surface area contributed by atoms with Crippen LogP contribution in [0.25, 0.3) is 0 Å². The number of rotatable bonds is 5. The average molecular weight is 536 g/mol. The molecule has 10 heteroatoms. The second-order valence-corrected chi connectivity index (χ2v) is 8.89. The first-order chi connectivity index (χ1) is 14.2. The van der Waals surface area contributed by atoms with E-state index in [1.807, 2.05) is 12.1 Å². The van der Waals surface area contributed by atoms with Crippen LogP contribution < -0.4 is 9.47 Å². The number of ketones is 1. The molecule has 30 heavy (non-hydrogen) atoms. The summed E-state index contributed by atoms with van der Waals surface area (Å²) in [6, 6.07) is 3.70. The van der Waals surface area contributed by atoms with Crippen LogP contribution in [0.4, 0.5) is 0 Å². The maximum absolute atomic E-state index is 12.7. The topological polar surface area (TPSA) is 102 Å². The molecule has 3 aliphatic rings. The Hall–Kier alpha value is -1.02. The number of benzene rings is 1. The summed E-state index contributed by atoms with van der Waals surface area (Å²) in [7, 11) is 2.93. The van der Waals surface area contributed by atoms with Crippen molar-refractivity contribution in [2.24, 2.45) is 0 Å². The van der Waals surface area contributed by atoms with E-state index in [4.69, 9.17) is 33.2 Å². The maximum Gasteiger partial charge on any atom is 0.231 e. The van der Waals surface area contributed by atoms with Gasteiger partial charge in [-0.15, -0.1) is 0 Å². The van der Waals surface area contributed by atoms with Crippen LogP contribution in [0, 0.1) is 3.57 Å². The summed E-state index contributed by atoms with van der Waals surface area (Å²) < 4.78 is 41.0. The summed E-state index contributed by atoms with van der Waals surface area (Å²) in [5, 5.41) is 10.5. The zero-order valence-corrected chi connectivity index (χ0v) is 19.3. The van der Waals surface area contributed by atoms with Crippen molar-refractivity contribution in [3.8, 4) is 11.5 Å². The molecule has 2 fully saturated rings. The first-order valence-corrected chi connectivity index (χ1v) is 10.7. The molecule has 1 saturated carbocycles. The number of aliphatic hydroxyl groups excluding tert-OH is 1. The van der Waals surface area contributed by atoms with E-state index in [0.29, 0.717) is 11.5 Å². The van der Waals surface area contributed by atoms with E-state index in [-0.39, 0.29) is 25.6 Å². The van der Waals surface area contributed by atoms with E-state index in [0.717, 1.165) is 9.13 Å². The molecule has 9 nitrogen and oxygen atoms in total. The zero-order valence-electron chi connectivity index (χ0n) is 17.2. The number of hydrogen-bond donors (Lipinski definition) is 1. The van der Waals surface area contributed by atoms with Gasteiger partial charge in [0.05, 0.1) is 12.7 Å². The van der Waals surface area contributed by atoms with Gasteiger partial charge in [-0.3, -0.25) is 4.79 Å². The fraction of sp³-hybridized carbons (Fsp3) is 0.650. The van der Waals surface area contributed by atoms with Gasteiger partial charge in [-0.05, 0) is 54.1 Å². The van der Waals surface area contributed by atoms with Gasteiger partial charge in [0, 0.05) is 24.2 Å². The van der Waals surface area contributed by atoms with Crippen LogP contribution in [0.3, 0.4) is 0 Å². The van der Waals surface area contributed by atoms with Crippen LogP contribution >= 0.6 is 22.6 Å². The van der Waals surface area contributed by atoms with Gasteiger partial charge in [0.15, 0.2) is 17.3 Å². The van der Waals surface area contributed by atoms with Gasteiger partial charge in [-0.25, -0.2) is 0 Å². The maximum atomic E-state index is 12.7. The SMILES string of the molecule is CO[C@]1(C)O[C@H]2[C@H](OCc3cc4c(cc3I)OCO4)C(=O)CC(O)[C@@H]2O[C@@]1(C)OC. The molecule has 1 N–H and O–H groups in total. The summed E-state index contributed by atoms with van der Waals surface area (Å²) in [5.74, 6) is -1.53. The van der Waals surface area contributed by atoms with Gasteiger partial charge >= 0.3 is 0 Å². The number of methoxy groups -OCH3 is 2. The Balaban J connectivity index is 1.57. The second kappa shape index (κ2) is 8.15. The van der Waals surface area contributed by atoms with Crippen molar-refractivity contribution < 1.29 is 43.1 Å². The van der Waals surface area contributed by atoms with Crippen LogP contribution in [-0.2, 0) is 35.1 Å². The van der Waals surface area contributed by atoms with Crippen molar-refractivity contribution in [3.63, 3.8) is 0 Å². The van der Waals surface area contributed by atoms with Crippen molar-refractivity contribution in [1.82, 2.24) is 0 Å². The van der Waals surface area contributed by atoms with E-state index in [9.17, 15) is 9.90 Å². The minimum absolute atomic E-state index is 0.100. The van der Waals surface area contributed by atoms with Crippen molar-refractivity contribution >= 4 is 28.4 Å². The lowest BCUT2D eigenvalue weighted by atomic mass is 9.86. The van der Waals surface area contributed by atoms with Gasteiger partial charge in [-0.2, -0.15) is 0 Å². The molecule has 0 radical (unpaired) electrons. The highest BCUT2D eigenvalue weighted by atomic mass is 127. The number of Topliss-reactive ketones (excluding diaryl/α,β-unsaturated/α-hetero) is 1. The van der Waals surface area contributed by atoms with Crippen LogP contribution in [0.5, 0.6) is 11.5 Å². The number of halogens is 1. The fourth-order valence-corrected chi connectivity index (χ4v) is 4.52. The largest absolute Gasteiger partial charge is 0.454 e. The Morgan fingerprint density at radius 2 is 1.70 bits per heavy atom. The number of carbonyl (C=O) groups is 1.